The summed E-state index contributed by atoms with van der Waals surface area (Å²) in [5.74, 6) is -0.243. The minimum absolute atomic E-state index is 0.243. The predicted octanol–water partition coefficient (Wildman–Crippen LogP) is 4.57. The zero-order valence-electron chi connectivity index (χ0n) is 9.08. The largest absolute Gasteiger partial charge is 0.398 e. The summed E-state index contributed by atoms with van der Waals surface area (Å²) in [6.45, 7) is 0. The molecule has 18 heavy (non-hydrogen) atoms. The molecule has 0 aliphatic heterocycles. The Morgan fingerprint density at radius 2 is 1.78 bits per heavy atom. The van der Waals surface area contributed by atoms with Crippen molar-refractivity contribution in [2.45, 2.75) is 0 Å². The summed E-state index contributed by atoms with van der Waals surface area (Å²) in [5.41, 5.74) is 6.97. The third kappa shape index (κ3) is 2.69. The van der Waals surface area contributed by atoms with Crippen LogP contribution in [-0.2, 0) is 0 Å². The van der Waals surface area contributed by atoms with Crippen LogP contribution in [0.5, 0.6) is 0 Å². The molecule has 0 aliphatic carbocycles. The zero-order valence-corrected chi connectivity index (χ0v) is 12.2. The van der Waals surface area contributed by atoms with Gasteiger partial charge in [0, 0.05) is 26.3 Å². The molecule has 0 bridgehead atoms. The van der Waals surface area contributed by atoms with Gasteiger partial charge in [0.1, 0.15) is 0 Å². The molecule has 2 aromatic carbocycles. The third-order valence-corrected chi connectivity index (χ3v) is 3.49. The molecule has 92 valence electrons. The van der Waals surface area contributed by atoms with Gasteiger partial charge in [-0.05, 0) is 36.4 Å². The van der Waals surface area contributed by atoms with Gasteiger partial charge in [0.05, 0.1) is 5.02 Å². The first-order valence-electron chi connectivity index (χ1n) is 5.04. The van der Waals surface area contributed by atoms with Crippen molar-refractivity contribution < 1.29 is 4.79 Å². The minimum atomic E-state index is -0.243. The van der Waals surface area contributed by atoms with Crippen molar-refractivity contribution in [2.75, 3.05) is 5.73 Å². The first kappa shape index (κ1) is 13.4. The Kier molecular flexibility index (Phi) is 3.95. The van der Waals surface area contributed by atoms with E-state index in [0.29, 0.717) is 26.9 Å². The number of anilines is 1. The van der Waals surface area contributed by atoms with Crippen LogP contribution in [0.3, 0.4) is 0 Å². The quantitative estimate of drug-likeness (QED) is 0.640. The molecule has 0 amide bonds. The number of carbonyl (C=O) groups excluding carboxylic acids is 1. The fraction of sp³-hybridized carbons (Fsp3) is 0. The monoisotopic (exact) mass is 343 g/mol. The van der Waals surface area contributed by atoms with Crippen LogP contribution in [0, 0.1) is 0 Å². The SMILES string of the molecule is Nc1cc(Br)ccc1C(=O)c1cc(Cl)ccc1Cl. The van der Waals surface area contributed by atoms with E-state index < -0.39 is 0 Å². The normalized spacial score (nSPS) is 10.4. The Bertz CT molecular complexity index is 628. The van der Waals surface area contributed by atoms with E-state index in [0.717, 1.165) is 4.47 Å². The lowest BCUT2D eigenvalue weighted by Gasteiger charge is -2.07. The molecule has 2 nitrogen and oxygen atoms in total. The number of carbonyl (C=O) groups is 1. The van der Waals surface area contributed by atoms with E-state index in [-0.39, 0.29) is 5.78 Å². The average molecular weight is 345 g/mol. The molecule has 2 aromatic rings. The number of nitrogen functional groups attached to an aromatic ring is 1. The van der Waals surface area contributed by atoms with Gasteiger partial charge in [-0.3, -0.25) is 4.79 Å². The maximum absolute atomic E-state index is 12.3. The summed E-state index contributed by atoms with van der Waals surface area (Å²) in [6, 6.07) is 9.83. The second-order valence-electron chi connectivity index (χ2n) is 3.68. The number of ketones is 1. The molecule has 2 rings (SSSR count). The van der Waals surface area contributed by atoms with E-state index in [1.165, 1.54) is 6.07 Å². The molecule has 0 saturated heterocycles. The van der Waals surface area contributed by atoms with Crippen molar-refractivity contribution in [3.63, 3.8) is 0 Å². The average Bonchev–Trinajstić information content (AvgIpc) is 2.31. The van der Waals surface area contributed by atoms with E-state index in [1.54, 1.807) is 30.3 Å². The van der Waals surface area contributed by atoms with Gasteiger partial charge in [0.25, 0.3) is 0 Å². The van der Waals surface area contributed by atoms with Gasteiger partial charge in [0.2, 0.25) is 0 Å². The fourth-order valence-corrected chi connectivity index (χ4v) is 2.31. The lowest BCUT2D eigenvalue weighted by Crippen LogP contribution is -2.06. The maximum atomic E-state index is 12.3. The molecule has 0 saturated carbocycles. The van der Waals surface area contributed by atoms with Crippen LogP contribution >= 0.6 is 39.1 Å². The molecule has 0 fully saturated rings. The minimum Gasteiger partial charge on any atom is -0.398 e. The summed E-state index contributed by atoms with van der Waals surface area (Å²) in [6.07, 6.45) is 0. The Balaban J connectivity index is 2.51. The zero-order chi connectivity index (χ0) is 13.3. The molecular formula is C13H8BrCl2NO. The standard InChI is InChI=1S/C13H8BrCl2NO/c14-7-1-3-9(12(17)5-7)13(18)10-6-8(15)2-4-11(10)16/h1-6H,17H2. The van der Waals surface area contributed by atoms with Crippen LogP contribution in [0.15, 0.2) is 40.9 Å². The smallest absolute Gasteiger partial charge is 0.196 e. The van der Waals surface area contributed by atoms with Gasteiger partial charge in [-0.25, -0.2) is 0 Å². The van der Waals surface area contributed by atoms with Gasteiger partial charge in [-0.15, -0.1) is 0 Å². The van der Waals surface area contributed by atoms with Gasteiger partial charge in [-0.1, -0.05) is 39.1 Å². The topological polar surface area (TPSA) is 43.1 Å². The molecule has 0 atom stereocenters. The fourth-order valence-electron chi connectivity index (χ4n) is 1.56. The number of hydrogen-bond acceptors (Lipinski definition) is 2. The predicted molar refractivity (Wildman–Crippen MR) is 78.4 cm³/mol. The summed E-state index contributed by atoms with van der Waals surface area (Å²) in [5, 5.41) is 0.810. The summed E-state index contributed by atoms with van der Waals surface area (Å²) < 4.78 is 0.814. The highest BCUT2D eigenvalue weighted by Crippen LogP contribution is 2.26. The van der Waals surface area contributed by atoms with Crippen LogP contribution in [0.25, 0.3) is 0 Å². The second-order valence-corrected chi connectivity index (χ2v) is 5.44. The molecule has 5 heteroatoms. The Hall–Kier alpha value is -1.03. The van der Waals surface area contributed by atoms with E-state index >= 15 is 0 Å². The second kappa shape index (κ2) is 5.31. The van der Waals surface area contributed by atoms with Gasteiger partial charge >= 0.3 is 0 Å². The van der Waals surface area contributed by atoms with Crippen molar-refractivity contribution >= 4 is 50.6 Å². The highest BCUT2D eigenvalue weighted by Gasteiger charge is 2.16. The molecule has 0 aliphatic rings. The van der Waals surface area contributed by atoms with Crippen LogP contribution < -0.4 is 5.73 Å². The highest BCUT2D eigenvalue weighted by atomic mass is 79.9. The Morgan fingerprint density at radius 1 is 1.06 bits per heavy atom. The number of rotatable bonds is 2. The first-order valence-corrected chi connectivity index (χ1v) is 6.58. The molecule has 0 unspecified atom stereocenters. The van der Waals surface area contributed by atoms with Crippen molar-refractivity contribution in [2.24, 2.45) is 0 Å². The third-order valence-electron chi connectivity index (χ3n) is 2.43. The number of hydrogen-bond donors (Lipinski definition) is 1. The van der Waals surface area contributed by atoms with E-state index in [2.05, 4.69) is 15.9 Å². The van der Waals surface area contributed by atoms with Gasteiger partial charge < -0.3 is 5.73 Å². The number of nitrogens with two attached hydrogens (primary N) is 1. The van der Waals surface area contributed by atoms with Gasteiger partial charge in [0.15, 0.2) is 5.78 Å². The molecule has 0 aromatic heterocycles. The van der Waals surface area contributed by atoms with Crippen molar-refractivity contribution in [3.05, 3.63) is 62.0 Å². The first-order chi connectivity index (χ1) is 8.49. The van der Waals surface area contributed by atoms with Crippen molar-refractivity contribution in [3.8, 4) is 0 Å². The number of benzene rings is 2. The Labute approximate surface area is 123 Å². The molecule has 2 N–H and O–H groups in total. The van der Waals surface area contributed by atoms with Crippen LogP contribution in [-0.4, -0.2) is 5.78 Å². The molecular weight excluding hydrogens is 337 g/mol. The lowest BCUT2D eigenvalue weighted by molar-refractivity contribution is 0.103. The highest BCUT2D eigenvalue weighted by molar-refractivity contribution is 9.10. The Morgan fingerprint density at radius 3 is 2.44 bits per heavy atom. The van der Waals surface area contributed by atoms with E-state index in [4.69, 9.17) is 28.9 Å². The van der Waals surface area contributed by atoms with Crippen molar-refractivity contribution in [1.82, 2.24) is 0 Å². The van der Waals surface area contributed by atoms with E-state index in [9.17, 15) is 4.79 Å². The lowest BCUT2D eigenvalue weighted by atomic mass is 10.0. The van der Waals surface area contributed by atoms with Crippen LogP contribution in [0.4, 0.5) is 5.69 Å². The van der Waals surface area contributed by atoms with Crippen LogP contribution in [0.2, 0.25) is 10.0 Å². The van der Waals surface area contributed by atoms with E-state index in [1.807, 2.05) is 0 Å². The van der Waals surface area contributed by atoms with Gasteiger partial charge in [-0.2, -0.15) is 0 Å². The summed E-state index contributed by atoms with van der Waals surface area (Å²) in [4.78, 5) is 12.3. The number of halogens is 3. The van der Waals surface area contributed by atoms with Crippen LogP contribution in [0.1, 0.15) is 15.9 Å². The summed E-state index contributed by atoms with van der Waals surface area (Å²) >= 11 is 15.1. The summed E-state index contributed by atoms with van der Waals surface area (Å²) in [7, 11) is 0. The molecule has 0 heterocycles. The maximum Gasteiger partial charge on any atom is 0.196 e. The van der Waals surface area contributed by atoms with Crippen molar-refractivity contribution in [1.29, 1.82) is 0 Å². The molecule has 0 spiro atoms. The molecule has 0 radical (unpaired) electrons.